The van der Waals surface area contributed by atoms with E-state index in [2.05, 4.69) is 25.8 Å². The molecule has 0 spiro atoms. The topological polar surface area (TPSA) is 114 Å². The van der Waals surface area contributed by atoms with Crippen molar-refractivity contribution in [1.82, 2.24) is 4.98 Å². The van der Waals surface area contributed by atoms with Crippen LogP contribution in [-0.2, 0) is 5.41 Å². The zero-order valence-electron chi connectivity index (χ0n) is 15.2. The molecule has 0 aliphatic rings. The van der Waals surface area contributed by atoms with E-state index in [1.165, 1.54) is 12.3 Å². The van der Waals surface area contributed by atoms with Gasteiger partial charge in [0.25, 0.3) is 0 Å². The number of aromatic nitrogens is 1. The van der Waals surface area contributed by atoms with Crippen molar-refractivity contribution in [3.05, 3.63) is 76.0 Å². The lowest BCUT2D eigenvalue weighted by atomic mass is 9.87. The average Bonchev–Trinajstić information content (AvgIpc) is 2.62. The molecule has 140 valence electrons. The molecule has 0 saturated carbocycles. The second-order valence-corrected chi connectivity index (χ2v) is 6.90. The van der Waals surface area contributed by atoms with E-state index < -0.39 is 10.9 Å². The van der Waals surface area contributed by atoms with Gasteiger partial charge >= 0.3 is 11.7 Å². The number of nitro groups is 1. The first kappa shape index (κ1) is 19.8. The summed E-state index contributed by atoms with van der Waals surface area (Å²) in [5, 5.41) is 29.4. The van der Waals surface area contributed by atoms with Crippen LogP contribution in [0.2, 0.25) is 0 Å². The first-order chi connectivity index (χ1) is 12.6. The van der Waals surface area contributed by atoms with E-state index in [0.717, 1.165) is 5.56 Å². The van der Waals surface area contributed by atoms with Crippen molar-refractivity contribution in [3.63, 3.8) is 0 Å². The van der Waals surface area contributed by atoms with E-state index in [4.69, 9.17) is 5.11 Å². The predicted molar refractivity (Wildman–Crippen MR) is 102 cm³/mol. The molecule has 0 aliphatic heterocycles. The molecule has 0 amide bonds. The number of hydrogen-bond acceptors (Lipinski definition) is 5. The average molecular weight is 368 g/mol. The maximum Gasteiger partial charge on any atom is 0.335 e. The lowest BCUT2D eigenvalue weighted by Crippen LogP contribution is -2.11. The van der Waals surface area contributed by atoms with Gasteiger partial charge in [-0.3, -0.25) is 15.1 Å². The van der Waals surface area contributed by atoms with Crippen molar-refractivity contribution in [2.24, 2.45) is 0 Å². The quantitative estimate of drug-likeness (QED) is 0.507. The van der Waals surface area contributed by atoms with Crippen molar-refractivity contribution in [2.75, 3.05) is 0 Å². The van der Waals surface area contributed by atoms with Gasteiger partial charge in [0.2, 0.25) is 5.75 Å². The summed E-state index contributed by atoms with van der Waals surface area (Å²) in [6, 6.07) is 13.3. The number of benzene rings is 2. The summed E-state index contributed by atoms with van der Waals surface area (Å²) < 4.78 is 0. The van der Waals surface area contributed by atoms with Crippen LogP contribution in [0.5, 0.6) is 5.75 Å². The monoisotopic (exact) mass is 368 g/mol. The van der Waals surface area contributed by atoms with E-state index in [1.807, 2.05) is 12.1 Å². The van der Waals surface area contributed by atoms with Crippen LogP contribution in [0.4, 0.5) is 5.69 Å². The number of rotatable bonds is 2. The van der Waals surface area contributed by atoms with Crippen LogP contribution in [0, 0.1) is 10.1 Å². The molecule has 0 bridgehead atoms. The fraction of sp³-hybridized carbons (Fsp3) is 0.200. The lowest BCUT2D eigenvalue weighted by molar-refractivity contribution is -0.385. The number of nitrogens with zero attached hydrogens (tertiary/aromatic N) is 2. The van der Waals surface area contributed by atoms with Gasteiger partial charge in [-0.15, -0.1) is 0 Å². The lowest BCUT2D eigenvalue weighted by Gasteiger charge is -2.18. The number of aromatic hydroxyl groups is 1. The number of carboxylic acids is 1. The molecule has 0 atom stereocenters. The van der Waals surface area contributed by atoms with Crippen molar-refractivity contribution in [1.29, 1.82) is 0 Å². The molecule has 0 aliphatic carbocycles. The molecule has 2 aromatic carbocycles. The first-order valence-corrected chi connectivity index (χ1v) is 8.16. The molecule has 0 fully saturated rings. The maximum atomic E-state index is 10.6. The normalized spacial score (nSPS) is 10.8. The van der Waals surface area contributed by atoms with Crippen molar-refractivity contribution >= 4 is 22.6 Å². The molecule has 1 aromatic heterocycles. The van der Waals surface area contributed by atoms with E-state index in [1.54, 1.807) is 30.3 Å². The molecule has 0 saturated heterocycles. The highest BCUT2D eigenvalue weighted by molar-refractivity contribution is 5.88. The van der Waals surface area contributed by atoms with Gasteiger partial charge in [0.05, 0.1) is 10.5 Å². The number of carboxylic acid groups (broad SMARTS) is 1. The number of nitro benzene ring substituents is 1. The molecule has 2 N–H and O–H groups in total. The number of fused-ring (bicyclic) bond motifs is 1. The molecular weight excluding hydrogens is 348 g/mol. The highest BCUT2D eigenvalue weighted by Gasteiger charge is 2.16. The minimum Gasteiger partial charge on any atom is -0.501 e. The van der Waals surface area contributed by atoms with E-state index in [9.17, 15) is 20.0 Å². The Morgan fingerprint density at radius 1 is 1.07 bits per heavy atom. The van der Waals surface area contributed by atoms with Crippen LogP contribution < -0.4 is 0 Å². The molecule has 3 rings (SSSR count). The number of hydrogen-bond donors (Lipinski definition) is 2. The number of pyridine rings is 1. The summed E-state index contributed by atoms with van der Waals surface area (Å²) in [6.45, 7) is 6.30. The minimum atomic E-state index is -0.875. The highest BCUT2D eigenvalue weighted by atomic mass is 16.6. The Morgan fingerprint density at radius 3 is 2.22 bits per heavy atom. The molecular formula is C20H20N2O5. The van der Waals surface area contributed by atoms with Crippen molar-refractivity contribution < 1.29 is 19.9 Å². The fourth-order valence-electron chi connectivity index (χ4n) is 2.38. The van der Waals surface area contributed by atoms with Gasteiger partial charge in [-0.1, -0.05) is 39.0 Å². The van der Waals surface area contributed by atoms with E-state index in [0.29, 0.717) is 10.9 Å². The summed E-state index contributed by atoms with van der Waals surface area (Å²) in [5.41, 5.74) is 1.50. The van der Waals surface area contributed by atoms with Gasteiger partial charge in [-0.05, 0) is 35.2 Å². The number of phenolic OH excluding ortho intramolecular Hbond substituents is 1. The molecule has 1 heterocycles. The molecule has 0 radical (unpaired) electrons. The number of phenols is 1. The highest BCUT2D eigenvalue weighted by Crippen LogP contribution is 2.32. The standard InChI is InChI=1S/C11H14O2.C9H6N2O3/c1-11(2,3)9-6-4-8(5-7-9)10(12)13;12-9-7(11(13)14)4-3-6-2-1-5-10-8(6)9/h4-7H,1-3H3,(H,12,13);1-5,12H. The fourth-order valence-corrected chi connectivity index (χ4v) is 2.38. The van der Waals surface area contributed by atoms with E-state index >= 15 is 0 Å². The van der Waals surface area contributed by atoms with Crippen molar-refractivity contribution in [3.8, 4) is 5.75 Å². The summed E-state index contributed by atoms with van der Waals surface area (Å²) in [7, 11) is 0. The Morgan fingerprint density at radius 2 is 1.70 bits per heavy atom. The van der Waals surface area contributed by atoms with Gasteiger partial charge < -0.3 is 10.2 Å². The Kier molecular flexibility index (Phi) is 5.75. The zero-order valence-corrected chi connectivity index (χ0v) is 15.2. The number of carbonyl (C=O) groups is 1. The molecule has 27 heavy (non-hydrogen) atoms. The van der Waals surface area contributed by atoms with Gasteiger partial charge in [0.1, 0.15) is 5.52 Å². The summed E-state index contributed by atoms with van der Waals surface area (Å²) >= 11 is 0. The molecule has 7 heteroatoms. The zero-order chi connectivity index (χ0) is 20.2. The third-order valence-corrected chi connectivity index (χ3v) is 3.92. The SMILES string of the molecule is CC(C)(C)c1ccc(C(=O)O)cc1.O=[N+]([O-])c1ccc2cccnc2c1O. The summed E-state index contributed by atoms with van der Waals surface area (Å²) in [4.78, 5) is 24.3. The van der Waals surface area contributed by atoms with Gasteiger partial charge in [-0.25, -0.2) is 4.79 Å². The van der Waals surface area contributed by atoms with Crippen molar-refractivity contribution in [2.45, 2.75) is 26.2 Å². The molecule has 0 unspecified atom stereocenters. The second-order valence-electron chi connectivity index (χ2n) is 6.90. The Hall–Kier alpha value is -3.48. The van der Waals surface area contributed by atoms with Gasteiger partial charge in [0.15, 0.2) is 0 Å². The minimum absolute atomic E-state index is 0.0804. The van der Waals surface area contributed by atoms with Crippen LogP contribution in [-0.4, -0.2) is 26.1 Å². The van der Waals surface area contributed by atoms with Gasteiger partial charge in [0, 0.05) is 17.6 Å². The van der Waals surface area contributed by atoms with Crippen LogP contribution in [0.25, 0.3) is 10.9 Å². The second kappa shape index (κ2) is 7.82. The van der Waals surface area contributed by atoms with Crippen LogP contribution in [0.3, 0.4) is 0 Å². The third-order valence-electron chi connectivity index (χ3n) is 3.92. The maximum absolute atomic E-state index is 10.6. The van der Waals surface area contributed by atoms with Crippen LogP contribution in [0.15, 0.2) is 54.7 Å². The Balaban J connectivity index is 0.000000194. The van der Waals surface area contributed by atoms with Crippen LogP contribution in [0.1, 0.15) is 36.7 Å². The predicted octanol–water partition coefficient (Wildman–Crippen LogP) is 4.53. The smallest absolute Gasteiger partial charge is 0.335 e. The van der Waals surface area contributed by atoms with Crippen LogP contribution >= 0.6 is 0 Å². The van der Waals surface area contributed by atoms with Gasteiger partial charge in [-0.2, -0.15) is 0 Å². The third kappa shape index (κ3) is 4.78. The summed E-state index contributed by atoms with van der Waals surface area (Å²) in [5.74, 6) is -1.26. The first-order valence-electron chi connectivity index (χ1n) is 8.16. The molecule has 3 aromatic rings. The number of aromatic carboxylic acids is 1. The molecule has 7 nitrogen and oxygen atoms in total. The largest absolute Gasteiger partial charge is 0.501 e. The summed E-state index contributed by atoms with van der Waals surface area (Å²) in [6.07, 6.45) is 1.48. The Labute approximate surface area is 156 Å². The Bertz CT molecular complexity index is 976. The van der Waals surface area contributed by atoms with E-state index in [-0.39, 0.29) is 22.4 Å².